The second-order valence-electron chi connectivity index (χ2n) is 5.14. The Balaban J connectivity index is 2.00. The molecule has 0 aliphatic carbocycles. The zero-order chi connectivity index (χ0) is 15.4. The highest BCUT2D eigenvalue weighted by atomic mass is 35.5. The fraction of sp³-hybridized carbons (Fsp3) is 0.438. The number of aromatic nitrogens is 2. The van der Waals surface area contributed by atoms with Crippen LogP contribution in [0.4, 0.5) is 0 Å². The van der Waals surface area contributed by atoms with Gasteiger partial charge in [0.05, 0.1) is 11.8 Å². The summed E-state index contributed by atoms with van der Waals surface area (Å²) in [4.78, 5) is 0. The molecule has 0 amide bonds. The summed E-state index contributed by atoms with van der Waals surface area (Å²) in [5, 5.41) is 15.3. The second-order valence-corrected chi connectivity index (χ2v) is 5.58. The molecule has 0 spiro atoms. The number of ether oxygens (including phenoxy) is 1. The Morgan fingerprint density at radius 3 is 2.81 bits per heavy atom. The molecule has 1 N–H and O–H groups in total. The van der Waals surface area contributed by atoms with E-state index in [9.17, 15) is 5.11 Å². The van der Waals surface area contributed by atoms with Crippen molar-refractivity contribution in [1.82, 2.24) is 9.78 Å². The third kappa shape index (κ3) is 4.22. The van der Waals surface area contributed by atoms with Gasteiger partial charge in [0, 0.05) is 23.7 Å². The maximum atomic E-state index is 10.3. The van der Waals surface area contributed by atoms with Crippen molar-refractivity contribution < 1.29 is 9.84 Å². The van der Waals surface area contributed by atoms with E-state index in [1.165, 1.54) is 0 Å². The number of aliphatic hydroxyl groups excluding tert-OH is 1. The first-order valence-electron chi connectivity index (χ1n) is 7.13. The van der Waals surface area contributed by atoms with Gasteiger partial charge in [-0.05, 0) is 45.0 Å². The van der Waals surface area contributed by atoms with Gasteiger partial charge in [0.1, 0.15) is 11.9 Å². The van der Waals surface area contributed by atoms with E-state index in [2.05, 4.69) is 5.10 Å². The normalized spacial score (nSPS) is 14.0. The van der Waals surface area contributed by atoms with E-state index in [4.69, 9.17) is 16.3 Å². The molecule has 2 rings (SSSR count). The van der Waals surface area contributed by atoms with Crippen molar-refractivity contribution in [2.45, 2.75) is 45.9 Å². The quantitative estimate of drug-likeness (QED) is 0.891. The molecule has 1 aromatic carbocycles. The van der Waals surface area contributed by atoms with Gasteiger partial charge in [-0.25, -0.2) is 0 Å². The molecule has 1 heterocycles. The lowest BCUT2D eigenvalue weighted by atomic mass is 10.1. The average Bonchev–Trinajstić information content (AvgIpc) is 2.78. The lowest BCUT2D eigenvalue weighted by Gasteiger charge is -2.21. The van der Waals surface area contributed by atoms with Crippen LogP contribution in [0.25, 0.3) is 0 Å². The summed E-state index contributed by atoms with van der Waals surface area (Å²) < 4.78 is 7.65. The third-order valence-corrected chi connectivity index (χ3v) is 3.60. The zero-order valence-electron chi connectivity index (χ0n) is 12.6. The average molecular weight is 309 g/mol. The van der Waals surface area contributed by atoms with E-state index >= 15 is 0 Å². The summed E-state index contributed by atoms with van der Waals surface area (Å²) in [6.45, 7) is 6.63. The Kier molecular flexibility index (Phi) is 5.26. The van der Waals surface area contributed by atoms with Crippen LogP contribution in [0.5, 0.6) is 5.75 Å². The van der Waals surface area contributed by atoms with Gasteiger partial charge in [0.15, 0.2) is 0 Å². The van der Waals surface area contributed by atoms with Crippen LogP contribution in [0.1, 0.15) is 25.2 Å². The fourth-order valence-corrected chi connectivity index (χ4v) is 2.43. The maximum Gasteiger partial charge on any atom is 0.122 e. The van der Waals surface area contributed by atoms with E-state index in [1.54, 1.807) is 12.1 Å². The van der Waals surface area contributed by atoms with Crippen molar-refractivity contribution in [2.24, 2.45) is 0 Å². The SMILES string of the molecule is CCn1nc(C)cc1CC(O)C(C)Oc1cccc(Cl)c1. The van der Waals surface area contributed by atoms with Crippen LogP contribution in [-0.2, 0) is 13.0 Å². The molecular formula is C16H21ClN2O2. The molecule has 0 fully saturated rings. The van der Waals surface area contributed by atoms with E-state index in [1.807, 2.05) is 43.7 Å². The van der Waals surface area contributed by atoms with Gasteiger partial charge in [-0.3, -0.25) is 4.68 Å². The number of aliphatic hydroxyl groups is 1. The lowest BCUT2D eigenvalue weighted by Crippen LogP contribution is -2.31. The van der Waals surface area contributed by atoms with Crippen molar-refractivity contribution in [1.29, 1.82) is 0 Å². The summed E-state index contributed by atoms with van der Waals surface area (Å²) in [5.41, 5.74) is 1.98. The topological polar surface area (TPSA) is 47.3 Å². The Hall–Kier alpha value is -1.52. The van der Waals surface area contributed by atoms with E-state index < -0.39 is 6.10 Å². The summed E-state index contributed by atoms with van der Waals surface area (Å²) in [5.74, 6) is 0.661. The molecule has 0 aliphatic heterocycles. The highest BCUT2D eigenvalue weighted by Gasteiger charge is 2.19. The highest BCUT2D eigenvalue weighted by Crippen LogP contribution is 2.20. The molecule has 5 heteroatoms. The molecule has 2 unspecified atom stereocenters. The summed E-state index contributed by atoms with van der Waals surface area (Å²) >= 11 is 5.93. The van der Waals surface area contributed by atoms with Crippen LogP contribution in [0.15, 0.2) is 30.3 Å². The highest BCUT2D eigenvalue weighted by molar-refractivity contribution is 6.30. The van der Waals surface area contributed by atoms with E-state index in [0.717, 1.165) is 17.9 Å². The number of hydrogen-bond acceptors (Lipinski definition) is 3. The van der Waals surface area contributed by atoms with Gasteiger partial charge < -0.3 is 9.84 Å². The third-order valence-electron chi connectivity index (χ3n) is 3.36. The number of aryl methyl sites for hydroxylation is 2. The minimum Gasteiger partial charge on any atom is -0.488 e. The number of hydrogen-bond donors (Lipinski definition) is 1. The first-order chi connectivity index (χ1) is 9.99. The van der Waals surface area contributed by atoms with Crippen LogP contribution >= 0.6 is 11.6 Å². The molecule has 0 saturated carbocycles. The van der Waals surface area contributed by atoms with Gasteiger partial charge in [-0.2, -0.15) is 5.10 Å². The van der Waals surface area contributed by atoms with Crippen molar-refractivity contribution in [3.8, 4) is 5.75 Å². The molecular weight excluding hydrogens is 288 g/mol. The lowest BCUT2D eigenvalue weighted by molar-refractivity contribution is 0.0465. The summed E-state index contributed by atoms with van der Waals surface area (Å²) in [7, 11) is 0. The molecule has 1 aromatic heterocycles. The maximum absolute atomic E-state index is 10.3. The molecule has 0 aliphatic rings. The van der Waals surface area contributed by atoms with E-state index in [0.29, 0.717) is 17.2 Å². The largest absolute Gasteiger partial charge is 0.488 e. The number of rotatable bonds is 6. The molecule has 2 atom stereocenters. The Morgan fingerprint density at radius 2 is 2.14 bits per heavy atom. The minimum absolute atomic E-state index is 0.330. The first-order valence-corrected chi connectivity index (χ1v) is 7.51. The monoisotopic (exact) mass is 308 g/mol. The van der Waals surface area contributed by atoms with Crippen LogP contribution in [-0.4, -0.2) is 27.1 Å². The first kappa shape index (κ1) is 15.9. The van der Waals surface area contributed by atoms with Crippen molar-refractivity contribution in [3.05, 3.63) is 46.7 Å². The molecule has 114 valence electrons. The van der Waals surface area contributed by atoms with Gasteiger partial charge in [-0.15, -0.1) is 0 Å². The minimum atomic E-state index is -0.606. The fourth-order valence-electron chi connectivity index (χ4n) is 2.25. The van der Waals surface area contributed by atoms with Crippen molar-refractivity contribution >= 4 is 11.6 Å². The van der Waals surface area contributed by atoms with Gasteiger partial charge in [0.25, 0.3) is 0 Å². The van der Waals surface area contributed by atoms with Gasteiger partial charge in [0.2, 0.25) is 0 Å². The smallest absolute Gasteiger partial charge is 0.122 e. The van der Waals surface area contributed by atoms with Crippen LogP contribution in [0.3, 0.4) is 0 Å². The number of benzene rings is 1. The predicted molar refractivity (Wildman–Crippen MR) is 83.9 cm³/mol. The molecule has 21 heavy (non-hydrogen) atoms. The van der Waals surface area contributed by atoms with Crippen LogP contribution < -0.4 is 4.74 Å². The van der Waals surface area contributed by atoms with Crippen LogP contribution in [0.2, 0.25) is 5.02 Å². The Bertz CT molecular complexity index is 598. The zero-order valence-corrected chi connectivity index (χ0v) is 13.3. The van der Waals surface area contributed by atoms with E-state index in [-0.39, 0.29) is 6.10 Å². The van der Waals surface area contributed by atoms with Crippen molar-refractivity contribution in [2.75, 3.05) is 0 Å². The Labute approximate surface area is 130 Å². The number of nitrogens with zero attached hydrogens (tertiary/aromatic N) is 2. The van der Waals surface area contributed by atoms with Gasteiger partial charge >= 0.3 is 0 Å². The summed E-state index contributed by atoms with van der Waals surface area (Å²) in [6, 6.07) is 9.18. The standard InChI is InChI=1S/C16H21ClN2O2/c1-4-19-14(8-11(2)18-19)10-16(20)12(3)21-15-7-5-6-13(17)9-15/h5-9,12,16,20H,4,10H2,1-3H3. The molecule has 0 bridgehead atoms. The predicted octanol–water partition coefficient (Wildman–Crippen LogP) is 3.24. The summed E-state index contributed by atoms with van der Waals surface area (Å²) in [6.07, 6.45) is -0.425. The molecule has 0 saturated heterocycles. The molecule has 0 radical (unpaired) electrons. The van der Waals surface area contributed by atoms with Crippen LogP contribution in [0, 0.1) is 6.92 Å². The molecule has 2 aromatic rings. The number of halogens is 1. The second kappa shape index (κ2) is 6.96. The van der Waals surface area contributed by atoms with Crippen molar-refractivity contribution in [3.63, 3.8) is 0 Å². The Morgan fingerprint density at radius 1 is 1.38 bits per heavy atom. The molecule has 4 nitrogen and oxygen atoms in total. The van der Waals surface area contributed by atoms with Gasteiger partial charge in [-0.1, -0.05) is 17.7 Å².